The van der Waals surface area contributed by atoms with Gasteiger partial charge in [0.1, 0.15) is 0 Å². The fourth-order valence-corrected chi connectivity index (χ4v) is 5.39. The molecule has 0 radical (unpaired) electrons. The number of anilines is 1. The van der Waals surface area contributed by atoms with E-state index in [0.29, 0.717) is 23.9 Å². The minimum Gasteiger partial charge on any atom is -0.373 e. The average Bonchev–Trinajstić information content (AvgIpc) is 2.69. The van der Waals surface area contributed by atoms with Gasteiger partial charge in [-0.25, -0.2) is 18.4 Å². The van der Waals surface area contributed by atoms with Crippen molar-refractivity contribution in [3.63, 3.8) is 0 Å². The Bertz CT molecular complexity index is 1010. The minimum atomic E-state index is -3.65. The average molecular weight is 471 g/mol. The molecule has 2 atom stereocenters. The van der Waals surface area contributed by atoms with Crippen molar-refractivity contribution < 1.29 is 17.9 Å². The van der Waals surface area contributed by atoms with E-state index in [0.717, 1.165) is 5.75 Å². The molecule has 1 aromatic carbocycles. The SMILES string of the molecule is CCSc1ncc(Cl)c(C(=O)Nc2ccc(S(=O)(=O)N3CC(C)OC(C)C3)cc2)n1. The van der Waals surface area contributed by atoms with Gasteiger partial charge in [0.25, 0.3) is 5.91 Å². The number of aromatic nitrogens is 2. The number of carbonyl (C=O) groups excluding carboxylic acids is 1. The van der Waals surface area contributed by atoms with Crippen molar-refractivity contribution in [3.05, 3.63) is 41.2 Å². The van der Waals surface area contributed by atoms with Crippen LogP contribution in [0.4, 0.5) is 5.69 Å². The van der Waals surface area contributed by atoms with Gasteiger partial charge in [0.2, 0.25) is 10.0 Å². The van der Waals surface area contributed by atoms with Gasteiger partial charge >= 0.3 is 0 Å². The zero-order valence-electron chi connectivity index (χ0n) is 16.8. The molecule has 1 aromatic heterocycles. The summed E-state index contributed by atoms with van der Waals surface area (Å²) in [6, 6.07) is 6.01. The second-order valence-electron chi connectivity index (χ2n) is 6.84. The Morgan fingerprint density at radius 3 is 2.50 bits per heavy atom. The Hall–Kier alpha value is -1.72. The normalized spacial score (nSPS) is 20.1. The molecule has 1 N–H and O–H groups in total. The molecule has 2 unspecified atom stereocenters. The molecule has 162 valence electrons. The first-order valence-corrected chi connectivity index (χ1v) is 12.2. The van der Waals surface area contributed by atoms with Crippen LogP contribution in [0.5, 0.6) is 0 Å². The van der Waals surface area contributed by atoms with E-state index in [-0.39, 0.29) is 27.8 Å². The third-order valence-electron chi connectivity index (χ3n) is 4.35. The van der Waals surface area contributed by atoms with Crippen molar-refractivity contribution in [3.8, 4) is 0 Å². The van der Waals surface area contributed by atoms with E-state index in [4.69, 9.17) is 16.3 Å². The van der Waals surface area contributed by atoms with E-state index in [1.807, 2.05) is 20.8 Å². The van der Waals surface area contributed by atoms with E-state index >= 15 is 0 Å². The van der Waals surface area contributed by atoms with Crippen molar-refractivity contribution >= 4 is 45.0 Å². The predicted molar refractivity (Wildman–Crippen MR) is 117 cm³/mol. The third-order valence-corrected chi connectivity index (χ3v) is 7.21. The Labute approximate surface area is 185 Å². The summed E-state index contributed by atoms with van der Waals surface area (Å²) in [7, 11) is -3.65. The Kier molecular flexibility index (Phi) is 7.35. The molecule has 3 rings (SSSR count). The molecule has 2 heterocycles. The minimum absolute atomic E-state index is 0.0654. The van der Waals surface area contributed by atoms with Crippen LogP contribution in [0.1, 0.15) is 31.3 Å². The molecular weight excluding hydrogens is 448 g/mol. The lowest BCUT2D eigenvalue weighted by Crippen LogP contribution is -2.48. The van der Waals surface area contributed by atoms with Crippen molar-refractivity contribution in [2.45, 2.75) is 43.0 Å². The van der Waals surface area contributed by atoms with Gasteiger partial charge in [-0.2, -0.15) is 4.31 Å². The van der Waals surface area contributed by atoms with E-state index in [1.165, 1.54) is 46.5 Å². The molecule has 8 nitrogen and oxygen atoms in total. The summed E-state index contributed by atoms with van der Waals surface area (Å²) in [6.45, 7) is 6.25. The molecule has 1 aliphatic heterocycles. The number of rotatable bonds is 6. The molecule has 1 amide bonds. The van der Waals surface area contributed by atoms with Gasteiger partial charge in [-0.15, -0.1) is 0 Å². The van der Waals surface area contributed by atoms with Gasteiger partial charge in [0.05, 0.1) is 28.3 Å². The molecule has 30 heavy (non-hydrogen) atoms. The quantitative estimate of drug-likeness (QED) is 0.510. The molecule has 0 spiro atoms. The summed E-state index contributed by atoms with van der Waals surface area (Å²) >= 11 is 7.46. The highest BCUT2D eigenvalue weighted by molar-refractivity contribution is 7.99. The van der Waals surface area contributed by atoms with Crippen molar-refractivity contribution in [2.24, 2.45) is 0 Å². The summed E-state index contributed by atoms with van der Waals surface area (Å²) in [5.74, 6) is 0.270. The summed E-state index contributed by atoms with van der Waals surface area (Å²) in [4.78, 5) is 21.0. The van der Waals surface area contributed by atoms with Gasteiger partial charge in [0, 0.05) is 18.8 Å². The van der Waals surface area contributed by atoms with Crippen LogP contribution in [0.25, 0.3) is 0 Å². The van der Waals surface area contributed by atoms with Crippen LogP contribution in [0.15, 0.2) is 40.5 Å². The molecule has 1 aliphatic rings. The van der Waals surface area contributed by atoms with E-state index in [9.17, 15) is 13.2 Å². The summed E-state index contributed by atoms with van der Waals surface area (Å²) < 4.78 is 32.9. The van der Waals surface area contributed by atoms with Gasteiger partial charge in [0.15, 0.2) is 10.9 Å². The smallest absolute Gasteiger partial charge is 0.275 e. The highest BCUT2D eigenvalue weighted by atomic mass is 35.5. The largest absolute Gasteiger partial charge is 0.373 e. The maximum atomic E-state index is 12.9. The lowest BCUT2D eigenvalue weighted by molar-refractivity contribution is -0.0440. The number of hydrogen-bond donors (Lipinski definition) is 1. The van der Waals surface area contributed by atoms with E-state index in [1.54, 1.807) is 0 Å². The van der Waals surface area contributed by atoms with Gasteiger partial charge in [-0.3, -0.25) is 4.79 Å². The zero-order chi connectivity index (χ0) is 21.9. The first kappa shape index (κ1) is 23.0. The number of nitrogens with one attached hydrogen (secondary N) is 1. The number of thioether (sulfide) groups is 1. The number of ether oxygens (including phenoxy) is 1. The topological polar surface area (TPSA) is 101 Å². The monoisotopic (exact) mass is 470 g/mol. The Balaban J connectivity index is 1.74. The number of nitrogens with zero attached hydrogens (tertiary/aromatic N) is 3. The second kappa shape index (κ2) is 9.61. The van der Waals surface area contributed by atoms with Crippen molar-refractivity contribution in [1.29, 1.82) is 0 Å². The first-order chi connectivity index (χ1) is 14.2. The molecule has 0 saturated carbocycles. The molecule has 11 heteroatoms. The standard InChI is InChI=1S/C19H23ClN4O4S2/c1-4-29-19-21-9-16(20)17(23-19)18(25)22-14-5-7-15(8-6-14)30(26,27)24-10-12(2)28-13(3)11-24/h5-9,12-13H,4,10-11H2,1-3H3,(H,22,25). The highest BCUT2D eigenvalue weighted by Gasteiger charge is 2.32. The summed E-state index contributed by atoms with van der Waals surface area (Å²) in [5, 5.41) is 3.29. The number of carbonyl (C=O) groups is 1. The van der Waals surface area contributed by atoms with Crippen molar-refractivity contribution in [2.75, 3.05) is 24.2 Å². The van der Waals surface area contributed by atoms with Gasteiger partial charge < -0.3 is 10.1 Å². The molecule has 0 bridgehead atoms. The number of halogens is 1. The van der Waals surface area contributed by atoms with Gasteiger partial charge in [-0.05, 0) is 43.9 Å². The van der Waals surface area contributed by atoms with Crippen LogP contribution in [0.3, 0.4) is 0 Å². The lowest BCUT2D eigenvalue weighted by Gasteiger charge is -2.34. The number of sulfonamides is 1. The Morgan fingerprint density at radius 1 is 1.27 bits per heavy atom. The van der Waals surface area contributed by atoms with E-state index in [2.05, 4.69) is 15.3 Å². The Morgan fingerprint density at radius 2 is 1.90 bits per heavy atom. The maximum Gasteiger partial charge on any atom is 0.275 e. The number of amides is 1. The lowest BCUT2D eigenvalue weighted by atomic mass is 10.3. The zero-order valence-corrected chi connectivity index (χ0v) is 19.2. The maximum absolute atomic E-state index is 12.9. The third kappa shape index (κ3) is 5.30. The molecule has 1 fully saturated rings. The summed E-state index contributed by atoms with van der Waals surface area (Å²) in [6.07, 6.45) is 1.05. The van der Waals surface area contributed by atoms with Crippen LogP contribution in [0, 0.1) is 0 Å². The van der Waals surface area contributed by atoms with Crippen LogP contribution < -0.4 is 5.32 Å². The molecule has 1 saturated heterocycles. The highest BCUT2D eigenvalue weighted by Crippen LogP contribution is 2.23. The molecule has 2 aromatic rings. The van der Waals surface area contributed by atoms with Crippen molar-refractivity contribution in [1.82, 2.24) is 14.3 Å². The molecule has 0 aliphatic carbocycles. The van der Waals surface area contributed by atoms with Crippen LogP contribution in [0.2, 0.25) is 5.02 Å². The fourth-order valence-electron chi connectivity index (χ4n) is 3.09. The first-order valence-electron chi connectivity index (χ1n) is 9.43. The number of benzene rings is 1. The fraction of sp³-hybridized carbons (Fsp3) is 0.421. The number of morpholine rings is 1. The van der Waals surface area contributed by atoms with Crippen LogP contribution in [-0.2, 0) is 14.8 Å². The summed E-state index contributed by atoms with van der Waals surface area (Å²) in [5.41, 5.74) is 0.498. The second-order valence-corrected chi connectivity index (χ2v) is 10.4. The van der Waals surface area contributed by atoms with Crippen LogP contribution >= 0.6 is 23.4 Å². The van der Waals surface area contributed by atoms with E-state index < -0.39 is 15.9 Å². The number of hydrogen-bond acceptors (Lipinski definition) is 7. The molecular formula is C19H23ClN4O4S2. The predicted octanol–water partition coefficient (Wildman–Crippen LogP) is 3.29. The van der Waals surface area contributed by atoms with Crippen LogP contribution in [-0.4, -0.2) is 59.6 Å². The van der Waals surface area contributed by atoms with Gasteiger partial charge in [-0.1, -0.05) is 30.3 Å².